The van der Waals surface area contributed by atoms with E-state index < -0.39 is 34.7 Å². The first kappa shape index (κ1) is 35.3. The summed E-state index contributed by atoms with van der Waals surface area (Å²) in [4.78, 5) is 36.3. The molecule has 0 radical (unpaired) electrons. The zero-order valence-corrected chi connectivity index (χ0v) is 27.6. The van der Waals surface area contributed by atoms with E-state index in [9.17, 15) is 14.4 Å². The number of amides is 1. The zero-order chi connectivity index (χ0) is 32.6. The summed E-state index contributed by atoms with van der Waals surface area (Å²) in [6.07, 6.45) is 9.73. The molecule has 1 amide bonds. The highest BCUT2D eigenvalue weighted by molar-refractivity contribution is 6.31. The molecule has 5 rings (SSSR count). The monoisotopic (exact) mass is 662 g/mol. The van der Waals surface area contributed by atoms with Crippen molar-refractivity contribution in [2.45, 2.75) is 93.7 Å². The van der Waals surface area contributed by atoms with Crippen LogP contribution in [0.15, 0.2) is 36.4 Å². The van der Waals surface area contributed by atoms with Crippen molar-refractivity contribution in [3.63, 3.8) is 0 Å². The fourth-order valence-corrected chi connectivity index (χ4v) is 8.24. The Morgan fingerprint density at radius 3 is 2.47 bits per heavy atom. The third-order valence-corrected chi connectivity index (χ3v) is 10.7. The van der Waals surface area contributed by atoms with Crippen molar-refractivity contribution in [2.24, 2.45) is 0 Å². The third kappa shape index (κ3) is 7.71. The van der Waals surface area contributed by atoms with Gasteiger partial charge in [0.25, 0.3) is 0 Å². The summed E-state index contributed by atoms with van der Waals surface area (Å²) in [5.74, 6) is -1.72. The number of aliphatic carboxylic acids is 1. The molecule has 3 atom stereocenters. The molecule has 1 spiro atoms. The van der Waals surface area contributed by atoms with E-state index in [0.29, 0.717) is 35.1 Å². The second-order valence-corrected chi connectivity index (χ2v) is 13.5. The summed E-state index contributed by atoms with van der Waals surface area (Å²) < 4.78 is 15.3. The van der Waals surface area contributed by atoms with Gasteiger partial charge >= 0.3 is 5.97 Å². The number of benzene rings is 2. The highest BCUT2D eigenvalue weighted by atomic mass is 35.5. The van der Waals surface area contributed by atoms with E-state index in [2.05, 4.69) is 27.8 Å². The molecule has 2 aliphatic heterocycles. The molecule has 8 nitrogen and oxygen atoms in total. The first-order valence-corrected chi connectivity index (χ1v) is 16.6. The number of carbonyl (C=O) groups is 3. The molecule has 246 valence electrons. The van der Waals surface area contributed by atoms with Gasteiger partial charge in [0.2, 0.25) is 6.41 Å². The van der Waals surface area contributed by atoms with E-state index in [0.717, 1.165) is 70.0 Å². The molecule has 11 heteroatoms. The van der Waals surface area contributed by atoms with Gasteiger partial charge in [-0.3, -0.25) is 9.59 Å². The standard InChI is InChI=1S/C24H25Cl2FN2O2.C10H20N2O2/c1-23(17-9-8-15(25)12-19(17)28-14-31)21(16-6-5-7-18(26)22(16)27)20(13-30)29-24(23)10-3-2-4-11-24;1-11-9-4-7-12(8-5-9)6-2-3-10(13)14/h5-9,12-14,20-21,29H,2-4,10-11H2,1H3,(H,28,31);9,11H,2-8H2,1H3,(H,13,14)/t20?,21-,23+;/m0./s1. The Kier molecular flexibility index (Phi) is 12.4. The van der Waals surface area contributed by atoms with Gasteiger partial charge < -0.3 is 30.8 Å². The lowest BCUT2D eigenvalue weighted by Crippen LogP contribution is -2.55. The van der Waals surface area contributed by atoms with Gasteiger partial charge in [0.15, 0.2) is 0 Å². The quantitative estimate of drug-likeness (QED) is 0.226. The van der Waals surface area contributed by atoms with E-state index in [1.165, 1.54) is 18.9 Å². The lowest BCUT2D eigenvalue weighted by molar-refractivity contribution is -0.137. The highest BCUT2D eigenvalue weighted by Crippen LogP contribution is 2.59. The summed E-state index contributed by atoms with van der Waals surface area (Å²) in [5, 5.41) is 18.6. The Morgan fingerprint density at radius 2 is 1.84 bits per heavy atom. The predicted molar refractivity (Wildman–Crippen MR) is 177 cm³/mol. The Balaban J connectivity index is 0.000000276. The molecule has 2 aromatic carbocycles. The lowest BCUT2D eigenvalue weighted by Gasteiger charge is -2.49. The van der Waals surface area contributed by atoms with E-state index >= 15 is 4.39 Å². The molecule has 1 aliphatic carbocycles. The van der Waals surface area contributed by atoms with Crippen LogP contribution in [0.2, 0.25) is 10.0 Å². The van der Waals surface area contributed by atoms with Crippen molar-refractivity contribution >= 4 is 47.6 Å². The van der Waals surface area contributed by atoms with Crippen molar-refractivity contribution in [1.29, 1.82) is 0 Å². The Bertz CT molecular complexity index is 1330. The number of nitrogens with zero attached hydrogens (tertiary/aromatic N) is 1. The highest BCUT2D eigenvalue weighted by Gasteiger charge is 2.63. The Labute approximate surface area is 275 Å². The van der Waals surface area contributed by atoms with Crippen molar-refractivity contribution in [2.75, 3.05) is 32.0 Å². The number of hydrogen-bond donors (Lipinski definition) is 4. The molecular formula is C34H45Cl2FN4O4. The summed E-state index contributed by atoms with van der Waals surface area (Å²) in [7, 11) is 2.00. The summed E-state index contributed by atoms with van der Waals surface area (Å²) >= 11 is 12.4. The number of anilines is 1. The van der Waals surface area contributed by atoms with E-state index in [4.69, 9.17) is 28.3 Å². The van der Waals surface area contributed by atoms with Gasteiger partial charge in [-0.25, -0.2) is 4.39 Å². The van der Waals surface area contributed by atoms with Crippen LogP contribution in [0.1, 0.15) is 81.8 Å². The molecule has 4 N–H and O–H groups in total. The second kappa shape index (κ2) is 15.8. The number of carboxylic acid groups (broad SMARTS) is 1. The molecule has 2 aromatic rings. The Morgan fingerprint density at radius 1 is 1.13 bits per heavy atom. The fraction of sp³-hybridized carbons (Fsp3) is 0.559. The largest absolute Gasteiger partial charge is 0.481 e. The van der Waals surface area contributed by atoms with Gasteiger partial charge in [-0.15, -0.1) is 0 Å². The number of halogens is 3. The molecule has 3 fully saturated rings. The number of hydrogen-bond acceptors (Lipinski definition) is 6. The van der Waals surface area contributed by atoms with Gasteiger partial charge in [0.1, 0.15) is 12.1 Å². The minimum absolute atomic E-state index is 0.0245. The number of piperidine rings is 1. The maximum Gasteiger partial charge on any atom is 0.303 e. The number of carbonyl (C=O) groups excluding carboxylic acids is 2. The SMILES string of the molecule is CNC1CCN(CCCC(=O)O)CC1.C[C@@]1(c2ccc(Cl)cc2NC=O)[C@@H](c2cccc(Cl)c2F)C(C=O)NC12CCCCC2. The van der Waals surface area contributed by atoms with Crippen LogP contribution in [0, 0.1) is 5.82 Å². The normalized spacial score (nSPS) is 24.9. The zero-order valence-electron chi connectivity index (χ0n) is 26.1. The van der Waals surface area contributed by atoms with Crippen molar-refractivity contribution in [3.8, 4) is 0 Å². The molecule has 0 aromatic heterocycles. The predicted octanol–water partition coefficient (Wildman–Crippen LogP) is 6.15. The summed E-state index contributed by atoms with van der Waals surface area (Å²) in [6, 6.07) is 10.3. The lowest BCUT2D eigenvalue weighted by atomic mass is 9.56. The first-order chi connectivity index (χ1) is 21.6. The minimum Gasteiger partial charge on any atom is -0.481 e. The maximum atomic E-state index is 15.3. The maximum absolute atomic E-state index is 15.3. The first-order valence-electron chi connectivity index (χ1n) is 15.9. The van der Waals surface area contributed by atoms with Crippen LogP contribution >= 0.6 is 23.2 Å². The van der Waals surface area contributed by atoms with E-state index in [1.807, 2.05) is 13.1 Å². The average Bonchev–Trinajstić information content (AvgIpc) is 3.26. The van der Waals surface area contributed by atoms with Crippen molar-refractivity contribution in [1.82, 2.24) is 15.5 Å². The van der Waals surface area contributed by atoms with E-state index in [1.54, 1.807) is 24.3 Å². The van der Waals surface area contributed by atoms with Crippen LogP contribution in [0.4, 0.5) is 10.1 Å². The summed E-state index contributed by atoms with van der Waals surface area (Å²) in [5.41, 5.74) is 0.640. The Hall–Kier alpha value is -2.56. The number of nitrogens with one attached hydrogen (secondary N) is 3. The van der Waals surface area contributed by atoms with Crippen molar-refractivity contribution < 1.29 is 23.9 Å². The number of aldehydes is 1. The van der Waals surface area contributed by atoms with Gasteiger partial charge in [-0.2, -0.15) is 0 Å². The van der Waals surface area contributed by atoms with Crippen LogP contribution in [0.3, 0.4) is 0 Å². The second-order valence-electron chi connectivity index (χ2n) is 12.6. The molecule has 1 saturated carbocycles. The molecular weight excluding hydrogens is 618 g/mol. The topological polar surface area (TPSA) is 111 Å². The van der Waals surface area contributed by atoms with E-state index in [-0.39, 0.29) is 5.02 Å². The molecule has 2 saturated heterocycles. The minimum atomic E-state index is -0.708. The van der Waals surface area contributed by atoms with Gasteiger partial charge in [0.05, 0.1) is 11.1 Å². The van der Waals surface area contributed by atoms with Crippen LogP contribution in [0.25, 0.3) is 0 Å². The van der Waals surface area contributed by atoms with Gasteiger partial charge in [-0.05, 0) is 88.1 Å². The van der Waals surface area contributed by atoms with Crippen LogP contribution < -0.4 is 16.0 Å². The number of carboxylic acids is 1. The van der Waals surface area contributed by atoms with Gasteiger partial charge in [-0.1, -0.05) is 67.6 Å². The summed E-state index contributed by atoms with van der Waals surface area (Å²) in [6.45, 7) is 5.21. The van der Waals surface area contributed by atoms with Crippen LogP contribution in [-0.2, 0) is 19.8 Å². The van der Waals surface area contributed by atoms with Crippen molar-refractivity contribution in [3.05, 3.63) is 63.4 Å². The molecule has 0 bridgehead atoms. The van der Waals surface area contributed by atoms with Crippen LogP contribution in [0.5, 0.6) is 0 Å². The molecule has 45 heavy (non-hydrogen) atoms. The number of likely N-dealkylation sites (tertiary alicyclic amines) is 1. The molecule has 2 heterocycles. The van der Waals surface area contributed by atoms with Crippen LogP contribution in [-0.4, -0.2) is 73.0 Å². The molecule has 1 unspecified atom stereocenters. The fourth-order valence-electron chi connectivity index (χ4n) is 7.88. The van der Waals surface area contributed by atoms with Gasteiger partial charge in [0, 0.05) is 40.0 Å². The third-order valence-electron chi connectivity index (χ3n) is 10.2. The smallest absolute Gasteiger partial charge is 0.303 e. The molecule has 3 aliphatic rings. The average molecular weight is 664 g/mol. The number of rotatable bonds is 10.